The summed E-state index contributed by atoms with van der Waals surface area (Å²) in [6, 6.07) is 0.438. The van der Waals surface area contributed by atoms with Crippen molar-refractivity contribution in [1.82, 2.24) is 15.3 Å². The van der Waals surface area contributed by atoms with E-state index in [1.165, 1.54) is 6.92 Å². The van der Waals surface area contributed by atoms with E-state index >= 15 is 4.39 Å². The first-order chi connectivity index (χ1) is 12.4. The number of nitrogens with one attached hydrogen (secondary N) is 2. The van der Waals surface area contributed by atoms with Gasteiger partial charge < -0.3 is 20.3 Å². The van der Waals surface area contributed by atoms with Crippen molar-refractivity contribution >= 4 is 22.8 Å². The second-order valence-electron chi connectivity index (χ2n) is 7.24. The SMILES string of the molecule is CNC1CCC2CN(c3nc4[nH]cc(C(=O)O)c(=O)c4c(C)c3F)CC21. The molecule has 0 spiro atoms. The fourth-order valence-corrected chi connectivity index (χ4v) is 4.55. The van der Waals surface area contributed by atoms with Gasteiger partial charge in [0.25, 0.3) is 0 Å². The van der Waals surface area contributed by atoms with Crippen molar-refractivity contribution < 1.29 is 14.3 Å². The number of H-pyrrole nitrogens is 1. The lowest BCUT2D eigenvalue weighted by Gasteiger charge is -2.22. The molecule has 0 bridgehead atoms. The van der Waals surface area contributed by atoms with E-state index in [9.17, 15) is 9.59 Å². The van der Waals surface area contributed by atoms with Crippen molar-refractivity contribution in [3.05, 3.63) is 33.4 Å². The number of aryl methyl sites for hydroxylation is 1. The predicted molar refractivity (Wildman–Crippen MR) is 95.3 cm³/mol. The summed E-state index contributed by atoms with van der Waals surface area (Å²) < 4.78 is 15.0. The lowest BCUT2D eigenvalue weighted by atomic mass is 9.98. The average Bonchev–Trinajstić information content (AvgIpc) is 3.17. The van der Waals surface area contributed by atoms with E-state index in [0.29, 0.717) is 17.9 Å². The summed E-state index contributed by atoms with van der Waals surface area (Å²) in [4.78, 5) is 32.6. The molecule has 138 valence electrons. The third-order valence-electron chi connectivity index (χ3n) is 5.94. The van der Waals surface area contributed by atoms with E-state index in [4.69, 9.17) is 5.11 Å². The van der Waals surface area contributed by atoms with Crippen LogP contribution in [0.15, 0.2) is 11.0 Å². The van der Waals surface area contributed by atoms with Crippen LogP contribution < -0.4 is 15.6 Å². The first-order valence-electron chi connectivity index (χ1n) is 8.79. The number of aromatic amines is 1. The van der Waals surface area contributed by atoms with Gasteiger partial charge in [0.15, 0.2) is 11.6 Å². The molecule has 3 N–H and O–H groups in total. The van der Waals surface area contributed by atoms with Crippen LogP contribution >= 0.6 is 0 Å². The molecule has 3 heterocycles. The molecular formula is C18H21FN4O3. The van der Waals surface area contributed by atoms with Gasteiger partial charge in [0, 0.05) is 30.9 Å². The number of nitrogens with zero attached hydrogens (tertiary/aromatic N) is 2. The molecule has 1 aliphatic carbocycles. The predicted octanol–water partition coefficient (Wildman–Crippen LogP) is 1.50. The Morgan fingerprint density at radius 1 is 1.42 bits per heavy atom. The van der Waals surface area contributed by atoms with E-state index in [-0.39, 0.29) is 22.4 Å². The van der Waals surface area contributed by atoms with E-state index in [1.54, 1.807) is 0 Å². The van der Waals surface area contributed by atoms with Crippen LogP contribution in [0.4, 0.5) is 10.2 Å². The van der Waals surface area contributed by atoms with Crippen LogP contribution in [0.5, 0.6) is 0 Å². The van der Waals surface area contributed by atoms with Crippen molar-refractivity contribution in [1.29, 1.82) is 0 Å². The summed E-state index contributed by atoms with van der Waals surface area (Å²) in [7, 11) is 1.96. The molecule has 2 aromatic rings. The number of aromatic carboxylic acids is 1. The maximum Gasteiger partial charge on any atom is 0.341 e. The smallest absolute Gasteiger partial charge is 0.341 e. The van der Waals surface area contributed by atoms with E-state index < -0.39 is 22.8 Å². The van der Waals surface area contributed by atoms with Crippen LogP contribution in [0.1, 0.15) is 28.8 Å². The molecule has 8 heteroatoms. The highest BCUT2D eigenvalue weighted by Crippen LogP contribution is 2.40. The summed E-state index contributed by atoms with van der Waals surface area (Å²) in [5.74, 6) is -0.685. The van der Waals surface area contributed by atoms with Crippen LogP contribution in [0, 0.1) is 24.6 Å². The lowest BCUT2D eigenvalue weighted by Crippen LogP contribution is -2.33. The van der Waals surface area contributed by atoms with Gasteiger partial charge in [0.1, 0.15) is 11.2 Å². The summed E-state index contributed by atoms with van der Waals surface area (Å²) in [6.45, 7) is 2.97. The number of aromatic nitrogens is 2. The number of rotatable bonds is 3. The molecule has 7 nitrogen and oxygen atoms in total. The molecule has 0 aromatic carbocycles. The zero-order valence-electron chi connectivity index (χ0n) is 14.7. The molecule has 2 aliphatic rings. The molecule has 26 heavy (non-hydrogen) atoms. The second-order valence-corrected chi connectivity index (χ2v) is 7.24. The normalized spacial score (nSPS) is 25.0. The number of fused-ring (bicyclic) bond motifs is 2. The van der Waals surface area contributed by atoms with Crippen molar-refractivity contribution in [2.45, 2.75) is 25.8 Å². The molecular weight excluding hydrogens is 339 g/mol. The Morgan fingerprint density at radius 3 is 2.88 bits per heavy atom. The average molecular weight is 360 g/mol. The summed E-state index contributed by atoms with van der Waals surface area (Å²) >= 11 is 0. The summed E-state index contributed by atoms with van der Waals surface area (Å²) in [5.41, 5.74) is -0.773. The van der Waals surface area contributed by atoms with E-state index in [0.717, 1.165) is 32.1 Å². The Morgan fingerprint density at radius 2 is 2.19 bits per heavy atom. The Balaban J connectivity index is 1.78. The Kier molecular flexibility index (Phi) is 3.95. The van der Waals surface area contributed by atoms with Crippen LogP contribution in [0.2, 0.25) is 0 Å². The molecule has 3 atom stereocenters. The topological polar surface area (TPSA) is 98.3 Å². The number of hydrogen-bond donors (Lipinski definition) is 3. The monoisotopic (exact) mass is 360 g/mol. The summed E-state index contributed by atoms with van der Waals surface area (Å²) in [6.07, 6.45) is 3.37. The molecule has 0 radical (unpaired) electrons. The van der Waals surface area contributed by atoms with Gasteiger partial charge in [-0.3, -0.25) is 4.79 Å². The lowest BCUT2D eigenvalue weighted by molar-refractivity contribution is 0.0695. The van der Waals surface area contributed by atoms with Gasteiger partial charge in [-0.05, 0) is 38.6 Å². The number of carboxylic acids is 1. The van der Waals surface area contributed by atoms with Crippen molar-refractivity contribution in [3.8, 4) is 0 Å². The quantitative estimate of drug-likeness (QED) is 0.767. The first kappa shape index (κ1) is 17.0. The molecule has 2 fully saturated rings. The molecule has 1 saturated carbocycles. The number of halogens is 1. The molecule has 0 amide bonds. The van der Waals surface area contributed by atoms with Crippen LogP contribution in [-0.4, -0.2) is 47.2 Å². The minimum Gasteiger partial charge on any atom is -0.477 e. The van der Waals surface area contributed by atoms with Gasteiger partial charge in [-0.25, -0.2) is 14.2 Å². The number of pyridine rings is 2. The standard InChI is InChI=1S/C18H21FN4O3/c1-8-13-15(24)10(18(25)26)5-21-16(13)22-17(14(8)19)23-6-9-3-4-12(20-2)11(9)7-23/h5,9,11-12,20H,3-4,6-7H2,1-2H3,(H,25,26)(H,21,22,24). The third-order valence-corrected chi connectivity index (χ3v) is 5.94. The largest absolute Gasteiger partial charge is 0.477 e. The van der Waals surface area contributed by atoms with Gasteiger partial charge in [-0.15, -0.1) is 0 Å². The van der Waals surface area contributed by atoms with Crippen LogP contribution in [-0.2, 0) is 0 Å². The number of carboxylic acid groups (broad SMARTS) is 1. The van der Waals surface area contributed by atoms with E-state index in [2.05, 4.69) is 15.3 Å². The Labute approximate surface area is 149 Å². The zero-order valence-corrected chi connectivity index (χ0v) is 14.7. The zero-order chi connectivity index (χ0) is 18.6. The van der Waals surface area contributed by atoms with Crippen LogP contribution in [0.3, 0.4) is 0 Å². The fourth-order valence-electron chi connectivity index (χ4n) is 4.55. The van der Waals surface area contributed by atoms with Gasteiger partial charge in [0.05, 0.1) is 5.39 Å². The maximum absolute atomic E-state index is 15.0. The van der Waals surface area contributed by atoms with Gasteiger partial charge in [0.2, 0.25) is 5.43 Å². The molecule has 1 saturated heterocycles. The van der Waals surface area contributed by atoms with Crippen molar-refractivity contribution in [2.75, 3.05) is 25.0 Å². The minimum absolute atomic E-state index is 0.00126. The second kappa shape index (κ2) is 6.05. The van der Waals surface area contributed by atoms with Crippen molar-refractivity contribution in [3.63, 3.8) is 0 Å². The Hall–Kier alpha value is -2.48. The van der Waals surface area contributed by atoms with Crippen LogP contribution in [0.25, 0.3) is 11.0 Å². The number of hydrogen-bond acceptors (Lipinski definition) is 5. The number of anilines is 1. The molecule has 2 aromatic heterocycles. The van der Waals surface area contributed by atoms with Gasteiger partial charge >= 0.3 is 5.97 Å². The van der Waals surface area contributed by atoms with Gasteiger partial charge in [-0.2, -0.15) is 0 Å². The minimum atomic E-state index is -1.34. The summed E-state index contributed by atoms with van der Waals surface area (Å²) in [5, 5.41) is 12.4. The van der Waals surface area contributed by atoms with Crippen molar-refractivity contribution in [2.24, 2.45) is 11.8 Å². The van der Waals surface area contributed by atoms with E-state index in [1.807, 2.05) is 11.9 Å². The third kappa shape index (κ3) is 2.39. The molecule has 3 unspecified atom stereocenters. The molecule has 1 aliphatic heterocycles. The Bertz CT molecular complexity index is 958. The molecule has 4 rings (SSSR count). The highest BCUT2D eigenvalue weighted by Gasteiger charge is 2.43. The maximum atomic E-state index is 15.0. The number of carbonyl (C=O) groups is 1. The highest BCUT2D eigenvalue weighted by atomic mass is 19.1. The highest BCUT2D eigenvalue weighted by molar-refractivity contribution is 5.92. The fraction of sp³-hybridized carbons (Fsp3) is 0.500. The van der Waals surface area contributed by atoms with Gasteiger partial charge in [-0.1, -0.05) is 0 Å². The first-order valence-corrected chi connectivity index (χ1v) is 8.79.